The highest BCUT2D eigenvalue weighted by Gasteiger charge is 2.11. The van der Waals surface area contributed by atoms with Crippen molar-refractivity contribution in [3.8, 4) is 0 Å². The number of hydrogen-bond acceptors (Lipinski definition) is 3. The Kier molecular flexibility index (Phi) is 6.67. The van der Waals surface area contributed by atoms with Crippen LogP contribution in [0.25, 0.3) is 0 Å². The minimum absolute atomic E-state index is 0.0878. The lowest BCUT2D eigenvalue weighted by molar-refractivity contribution is -0.120. The number of carbonyl (C=O) groups is 2. The highest BCUT2D eigenvalue weighted by atomic mass is 79.9. The van der Waals surface area contributed by atoms with Crippen LogP contribution in [0.2, 0.25) is 0 Å². The number of benzene rings is 1. The van der Waals surface area contributed by atoms with Gasteiger partial charge < -0.3 is 15.7 Å². The van der Waals surface area contributed by atoms with Crippen molar-refractivity contribution in [2.24, 2.45) is 0 Å². The fraction of sp³-hybridized carbons (Fsp3) is 0.429. The van der Waals surface area contributed by atoms with Gasteiger partial charge in [0.15, 0.2) is 0 Å². The summed E-state index contributed by atoms with van der Waals surface area (Å²) in [6.07, 6.45) is 0.00672. The van der Waals surface area contributed by atoms with E-state index in [0.29, 0.717) is 12.0 Å². The van der Waals surface area contributed by atoms with Gasteiger partial charge in [0.2, 0.25) is 5.91 Å². The monoisotopic (exact) mass is 342 g/mol. The van der Waals surface area contributed by atoms with Crippen molar-refractivity contribution in [2.45, 2.75) is 32.4 Å². The molecule has 1 aromatic carbocycles. The van der Waals surface area contributed by atoms with E-state index in [1.54, 1.807) is 32.0 Å². The summed E-state index contributed by atoms with van der Waals surface area (Å²) in [6, 6.07) is 6.80. The maximum atomic E-state index is 11.8. The molecule has 0 aliphatic rings. The average Bonchev–Trinajstić information content (AvgIpc) is 2.34. The molecule has 0 aromatic heterocycles. The molecule has 5 nitrogen and oxygen atoms in total. The zero-order chi connectivity index (χ0) is 15.1. The Balaban J connectivity index is 2.39. The molecule has 0 spiro atoms. The van der Waals surface area contributed by atoms with Crippen molar-refractivity contribution >= 4 is 27.7 Å². The van der Waals surface area contributed by atoms with Crippen LogP contribution in [0.3, 0.4) is 0 Å². The predicted octanol–water partition coefficient (Wildman–Crippen LogP) is 1.45. The molecule has 0 saturated heterocycles. The summed E-state index contributed by atoms with van der Waals surface area (Å²) in [6.45, 7) is 3.38. The van der Waals surface area contributed by atoms with Crippen LogP contribution in [0, 0.1) is 0 Å². The number of aliphatic hydroxyl groups is 1. The summed E-state index contributed by atoms with van der Waals surface area (Å²) in [5.74, 6) is -0.578. The number of nitrogens with one attached hydrogen (secondary N) is 2. The van der Waals surface area contributed by atoms with E-state index in [1.807, 2.05) is 6.07 Å². The number of halogens is 1. The van der Waals surface area contributed by atoms with Gasteiger partial charge in [-0.1, -0.05) is 22.0 Å². The van der Waals surface area contributed by atoms with E-state index in [0.717, 1.165) is 4.47 Å². The van der Waals surface area contributed by atoms with E-state index < -0.39 is 6.10 Å². The van der Waals surface area contributed by atoms with Crippen molar-refractivity contribution in [3.05, 3.63) is 34.3 Å². The molecule has 0 bridgehead atoms. The van der Waals surface area contributed by atoms with Crippen molar-refractivity contribution in [2.75, 3.05) is 6.54 Å². The Labute approximate surface area is 126 Å². The van der Waals surface area contributed by atoms with Gasteiger partial charge in [-0.05, 0) is 38.5 Å². The van der Waals surface area contributed by atoms with Crippen LogP contribution < -0.4 is 10.6 Å². The predicted molar refractivity (Wildman–Crippen MR) is 80.4 cm³/mol. The minimum atomic E-state index is -0.471. The molecule has 0 heterocycles. The third-order valence-corrected chi connectivity index (χ3v) is 3.09. The summed E-state index contributed by atoms with van der Waals surface area (Å²) in [5, 5.41) is 14.5. The van der Waals surface area contributed by atoms with Gasteiger partial charge in [0.25, 0.3) is 5.91 Å². The second-order valence-electron chi connectivity index (χ2n) is 4.75. The fourth-order valence-corrected chi connectivity index (χ4v) is 2.19. The Morgan fingerprint density at radius 3 is 2.65 bits per heavy atom. The number of amides is 2. The van der Waals surface area contributed by atoms with Crippen LogP contribution in [-0.2, 0) is 4.79 Å². The molecule has 0 aliphatic heterocycles. The quantitative estimate of drug-likeness (QED) is 0.732. The lowest BCUT2D eigenvalue weighted by Gasteiger charge is -2.15. The minimum Gasteiger partial charge on any atom is -0.393 e. The van der Waals surface area contributed by atoms with Crippen LogP contribution in [0.5, 0.6) is 0 Å². The summed E-state index contributed by atoms with van der Waals surface area (Å²) >= 11 is 3.28. The molecule has 2 unspecified atom stereocenters. The van der Waals surface area contributed by atoms with E-state index in [1.165, 1.54) is 0 Å². The number of rotatable bonds is 6. The maximum Gasteiger partial charge on any atom is 0.251 e. The van der Waals surface area contributed by atoms with E-state index >= 15 is 0 Å². The molecule has 1 rings (SSSR count). The van der Waals surface area contributed by atoms with Gasteiger partial charge in [-0.3, -0.25) is 9.59 Å². The van der Waals surface area contributed by atoms with Crippen molar-refractivity contribution < 1.29 is 14.7 Å². The highest BCUT2D eigenvalue weighted by molar-refractivity contribution is 9.10. The number of hydrogen-bond donors (Lipinski definition) is 3. The number of aliphatic hydroxyl groups excluding tert-OH is 1. The SMILES string of the molecule is CC(O)CC(C)NC(=O)CNC(=O)c1cccc(Br)c1. The van der Waals surface area contributed by atoms with Crippen LogP contribution >= 0.6 is 15.9 Å². The zero-order valence-corrected chi connectivity index (χ0v) is 13.1. The first-order chi connectivity index (χ1) is 9.38. The lowest BCUT2D eigenvalue weighted by atomic mass is 10.1. The molecule has 110 valence electrons. The molecule has 0 radical (unpaired) electrons. The van der Waals surface area contributed by atoms with Gasteiger partial charge in [-0.15, -0.1) is 0 Å². The summed E-state index contributed by atoms with van der Waals surface area (Å²) in [4.78, 5) is 23.4. The first-order valence-electron chi connectivity index (χ1n) is 6.39. The Bertz CT molecular complexity index is 477. The van der Waals surface area contributed by atoms with Crippen LogP contribution in [-0.4, -0.2) is 35.6 Å². The van der Waals surface area contributed by atoms with Crippen molar-refractivity contribution in [1.82, 2.24) is 10.6 Å². The average molecular weight is 343 g/mol. The first kappa shape index (κ1) is 16.7. The molecule has 2 atom stereocenters. The molecule has 0 aliphatic carbocycles. The third-order valence-electron chi connectivity index (χ3n) is 2.60. The number of carbonyl (C=O) groups excluding carboxylic acids is 2. The van der Waals surface area contributed by atoms with Crippen LogP contribution in [0.1, 0.15) is 30.6 Å². The lowest BCUT2D eigenvalue weighted by Crippen LogP contribution is -2.41. The van der Waals surface area contributed by atoms with Gasteiger partial charge in [0.1, 0.15) is 0 Å². The summed E-state index contributed by atoms with van der Waals surface area (Å²) in [5.41, 5.74) is 0.490. The largest absolute Gasteiger partial charge is 0.393 e. The molecule has 1 aromatic rings. The van der Waals surface area contributed by atoms with Gasteiger partial charge in [0, 0.05) is 16.1 Å². The van der Waals surface area contributed by atoms with Gasteiger partial charge in [-0.25, -0.2) is 0 Å². The van der Waals surface area contributed by atoms with Crippen molar-refractivity contribution in [3.63, 3.8) is 0 Å². The summed E-state index contributed by atoms with van der Waals surface area (Å²) < 4.78 is 0.806. The second-order valence-corrected chi connectivity index (χ2v) is 5.66. The van der Waals surface area contributed by atoms with Gasteiger partial charge in [0.05, 0.1) is 12.6 Å². The second kappa shape index (κ2) is 8.01. The third kappa shape index (κ3) is 6.16. The molecule has 3 N–H and O–H groups in total. The van der Waals surface area contributed by atoms with E-state index in [4.69, 9.17) is 0 Å². The van der Waals surface area contributed by atoms with Crippen LogP contribution in [0.4, 0.5) is 0 Å². The Morgan fingerprint density at radius 1 is 1.35 bits per heavy atom. The summed E-state index contributed by atoms with van der Waals surface area (Å²) in [7, 11) is 0. The fourth-order valence-electron chi connectivity index (χ4n) is 1.79. The molecule has 2 amide bonds. The van der Waals surface area contributed by atoms with Gasteiger partial charge in [-0.2, -0.15) is 0 Å². The Hall–Kier alpha value is -1.40. The van der Waals surface area contributed by atoms with Crippen LogP contribution in [0.15, 0.2) is 28.7 Å². The topological polar surface area (TPSA) is 78.4 Å². The maximum absolute atomic E-state index is 11.8. The first-order valence-corrected chi connectivity index (χ1v) is 7.19. The molecule has 0 saturated carbocycles. The molecule has 0 fully saturated rings. The zero-order valence-electron chi connectivity index (χ0n) is 11.5. The van der Waals surface area contributed by atoms with E-state index in [9.17, 15) is 14.7 Å². The Morgan fingerprint density at radius 2 is 2.05 bits per heavy atom. The van der Waals surface area contributed by atoms with E-state index in [2.05, 4.69) is 26.6 Å². The smallest absolute Gasteiger partial charge is 0.251 e. The van der Waals surface area contributed by atoms with E-state index in [-0.39, 0.29) is 24.4 Å². The normalized spacial score (nSPS) is 13.4. The van der Waals surface area contributed by atoms with Gasteiger partial charge >= 0.3 is 0 Å². The molecule has 6 heteroatoms. The van der Waals surface area contributed by atoms with Crippen molar-refractivity contribution in [1.29, 1.82) is 0 Å². The molecular formula is C14H19BrN2O3. The molecular weight excluding hydrogens is 324 g/mol. The highest BCUT2D eigenvalue weighted by Crippen LogP contribution is 2.11. The standard InChI is InChI=1S/C14H19BrN2O3/c1-9(6-10(2)18)17-13(19)8-16-14(20)11-4-3-5-12(15)7-11/h3-5,7,9-10,18H,6,8H2,1-2H3,(H,16,20)(H,17,19). The molecule has 20 heavy (non-hydrogen) atoms.